The summed E-state index contributed by atoms with van der Waals surface area (Å²) in [5.41, 5.74) is 7.30. The van der Waals surface area contributed by atoms with Gasteiger partial charge in [-0.1, -0.05) is 64.0 Å². The monoisotopic (exact) mass is 507 g/mol. The average molecular weight is 508 g/mol. The van der Waals surface area contributed by atoms with Gasteiger partial charge in [0, 0.05) is 30.0 Å². The summed E-state index contributed by atoms with van der Waals surface area (Å²) in [6.07, 6.45) is 3.67. The molecular weight excluding hydrogens is 477 g/mol. The van der Waals surface area contributed by atoms with Crippen molar-refractivity contribution in [1.82, 2.24) is 0 Å². The van der Waals surface area contributed by atoms with Gasteiger partial charge in [-0.2, -0.15) is 0 Å². The second-order valence-electron chi connectivity index (χ2n) is 9.81. The van der Waals surface area contributed by atoms with E-state index in [0.717, 1.165) is 38.8 Å². The molecule has 2 aliphatic rings. The lowest BCUT2D eigenvalue weighted by molar-refractivity contribution is 0.0412. The van der Waals surface area contributed by atoms with Crippen molar-refractivity contribution in [3.63, 3.8) is 0 Å². The first-order valence-corrected chi connectivity index (χ1v) is 13.1. The molecule has 0 aromatic heterocycles. The molecule has 1 saturated heterocycles. The molecule has 3 aromatic carbocycles. The number of fused-ring (bicyclic) bond motifs is 1. The van der Waals surface area contributed by atoms with Crippen molar-refractivity contribution in [2.45, 2.75) is 50.0 Å². The standard InChI is InChI=1S/C29H31BrFNO/c1-20-2-12-27-23(18-20)7-13-26(21-3-8-24(31)9-4-21)28(27)22-5-10-25(11-6-22)32-16-14-29(33,19-30)15-17-32/h2-6,8-12,18,26,28,33H,7,13-17,19H2,1H3/t26-,28+/m1/s1. The molecule has 33 heavy (non-hydrogen) atoms. The number of nitrogens with zero attached hydrogens (tertiary/aromatic N) is 1. The molecule has 172 valence electrons. The number of aryl methyl sites for hydroxylation is 2. The lowest BCUT2D eigenvalue weighted by Gasteiger charge is -2.39. The van der Waals surface area contributed by atoms with Crippen LogP contribution in [0.2, 0.25) is 0 Å². The molecule has 1 aliphatic carbocycles. The van der Waals surface area contributed by atoms with Gasteiger partial charge in [0.25, 0.3) is 0 Å². The highest BCUT2D eigenvalue weighted by atomic mass is 79.9. The number of alkyl halides is 1. The highest BCUT2D eigenvalue weighted by Gasteiger charge is 2.33. The Balaban J connectivity index is 1.46. The highest BCUT2D eigenvalue weighted by Crippen LogP contribution is 2.46. The second kappa shape index (κ2) is 9.23. The Morgan fingerprint density at radius 1 is 0.970 bits per heavy atom. The summed E-state index contributed by atoms with van der Waals surface area (Å²) in [6.45, 7) is 3.89. The number of benzene rings is 3. The SMILES string of the molecule is Cc1ccc2c(c1)CC[C@H](c1ccc(F)cc1)[C@@H]2c1ccc(N2CCC(O)(CBr)CC2)cc1. The van der Waals surface area contributed by atoms with E-state index >= 15 is 0 Å². The molecule has 3 aromatic rings. The number of hydrogen-bond acceptors (Lipinski definition) is 2. The number of halogens is 2. The third-order valence-corrected chi connectivity index (χ3v) is 8.66. The Labute approximate surface area is 204 Å². The largest absolute Gasteiger partial charge is 0.389 e. The van der Waals surface area contributed by atoms with Gasteiger partial charge in [-0.3, -0.25) is 0 Å². The van der Waals surface area contributed by atoms with E-state index in [9.17, 15) is 9.50 Å². The maximum atomic E-state index is 13.6. The molecule has 0 spiro atoms. The number of anilines is 1. The van der Waals surface area contributed by atoms with Crippen LogP contribution in [0.25, 0.3) is 0 Å². The van der Waals surface area contributed by atoms with Crippen molar-refractivity contribution >= 4 is 21.6 Å². The maximum absolute atomic E-state index is 13.6. The molecule has 0 radical (unpaired) electrons. The van der Waals surface area contributed by atoms with E-state index < -0.39 is 5.60 Å². The van der Waals surface area contributed by atoms with Crippen molar-refractivity contribution in [2.24, 2.45) is 0 Å². The summed E-state index contributed by atoms with van der Waals surface area (Å²) in [7, 11) is 0. The summed E-state index contributed by atoms with van der Waals surface area (Å²) >= 11 is 3.45. The van der Waals surface area contributed by atoms with Crippen LogP contribution in [0.4, 0.5) is 10.1 Å². The van der Waals surface area contributed by atoms with Gasteiger partial charge in [0.2, 0.25) is 0 Å². The molecule has 1 fully saturated rings. The lowest BCUT2D eigenvalue weighted by atomic mass is 9.69. The van der Waals surface area contributed by atoms with Gasteiger partial charge in [0.15, 0.2) is 0 Å². The third kappa shape index (κ3) is 4.61. The van der Waals surface area contributed by atoms with Crippen molar-refractivity contribution in [2.75, 3.05) is 23.3 Å². The number of piperidine rings is 1. The van der Waals surface area contributed by atoms with Gasteiger partial charge in [-0.05, 0) is 85.0 Å². The summed E-state index contributed by atoms with van der Waals surface area (Å²) in [5, 5.41) is 11.2. The summed E-state index contributed by atoms with van der Waals surface area (Å²) in [4.78, 5) is 2.37. The van der Waals surface area contributed by atoms with E-state index in [4.69, 9.17) is 0 Å². The van der Waals surface area contributed by atoms with Crippen LogP contribution in [-0.4, -0.2) is 29.1 Å². The Hall–Kier alpha value is -2.17. The smallest absolute Gasteiger partial charge is 0.123 e. The molecule has 1 N–H and O–H groups in total. The van der Waals surface area contributed by atoms with Crippen LogP contribution in [0.1, 0.15) is 58.9 Å². The first kappa shape index (κ1) is 22.6. The average Bonchev–Trinajstić information content (AvgIpc) is 2.84. The van der Waals surface area contributed by atoms with Crippen molar-refractivity contribution in [3.8, 4) is 0 Å². The van der Waals surface area contributed by atoms with Gasteiger partial charge in [-0.25, -0.2) is 4.39 Å². The zero-order chi connectivity index (χ0) is 23.0. The highest BCUT2D eigenvalue weighted by molar-refractivity contribution is 9.09. The Bertz CT molecular complexity index is 1100. The first-order chi connectivity index (χ1) is 16.0. The van der Waals surface area contributed by atoms with E-state index in [2.05, 4.69) is 70.2 Å². The molecule has 0 unspecified atom stereocenters. The van der Waals surface area contributed by atoms with Gasteiger partial charge in [0.1, 0.15) is 5.82 Å². The molecule has 2 atom stereocenters. The van der Waals surface area contributed by atoms with E-state index in [-0.39, 0.29) is 11.7 Å². The zero-order valence-electron chi connectivity index (χ0n) is 19.1. The molecule has 5 rings (SSSR count). The molecule has 0 amide bonds. The summed E-state index contributed by atoms with van der Waals surface area (Å²) < 4.78 is 13.6. The van der Waals surface area contributed by atoms with Crippen LogP contribution in [0, 0.1) is 12.7 Å². The molecule has 0 bridgehead atoms. The minimum Gasteiger partial charge on any atom is -0.389 e. The Morgan fingerprint density at radius 3 is 2.30 bits per heavy atom. The van der Waals surface area contributed by atoms with Gasteiger partial charge in [-0.15, -0.1) is 0 Å². The van der Waals surface area contributed by atoms with E-state index in [1.807, 2.05) is 12.1 Å². The molecule has 2 nitrogen and oxygen atoms in total. The normalized spacial score (nSPS) is 22.1. The molecule has 1 heterocycles. The lowest BCUT2D eigenvalue weighted by Crippen LogP contribution is -2.45. The molecular formula is C29H31BrFNO. The predicted molar refractivity (Wildman–Crippen MR) is 137 cm³/mol. The van der Waals surface area contributed by atoms with E-state index in [1.165, 1.54) is 33.5 Å². The van der Waals surface area contributed by atoms with Gasteiger partial charge >= 0.3 is 0 Å². The topological polar surface area (TPSA) is 23.5 Å². The first-order valence-electron chi connectivity index (χ1n) is 11.9. The van der Waals surface area contributed by atoms with E-state index in [1.54, 1.807) is 12.1 Å². The predicted octanol–water partition coefficient (Wildman–Crippen LogP) is 6.72. The fraction of sp³-hybridized carbons (Fsp3) is 0.379. The molecule has 4 heteroatoms. The van der Waals surface area contributed by atoms with Gasteiger partial charge in [0.05, 0.1) is 5.60 Å². The molecule has 0 saturated carbocycles. The van der Waals surface area contributed by atoms with Crippen LogP contribution in [0.3, 0.4) is 0 Å². The quantitative estimate of drug-likeness (QED) is 0.396. The Kier molecular flexibility index (Phi) is 6.32. The van der Waals surface area contributed by atoms with Crippen molar-refractivity contribution in [3.05, 3.63) is 100 Å². The minimum absolute atomic E-state index is 0.181. The van der Waals surface area contributed by atoms with Crippen LogP contribution in [-0.2, 0) is 6.42 Å². The molecule has 1 aliphatic heterocycles. The van der Waals surface area contributed by atoms with Gasteiger partial charge < -0.3 is 10.0 Å². The summed E-state index contributed by atoms with van der Waals surface area (Å²) in [6, 6.07) is 22.9. The second-order valence-corrected chi connectivity index (χ2v) is 10.4. The number of rotatable bonds is 4. The summed E-state index contributed by atoms with van der Waals surface area (Å²) in [5.74, 6) is 0.407. The number of hydrogen-bond donors (Lipinski definition) is 1. The fourth-order valence-electron chi connectivity index (χ4n) is 5.64. The van der Waals surface area contributed by atoms with Crippen LogP contribution in [0.5, 0.6) is 0 Å². The van der Waals surface area contributed by atoms with Crippen molar-refractivity contribution < 1.29 is 9.50 Å². The van der Waals surface area contributed by atoms with Crippen LogP contribution in [0.15, 0.2) is 66.7 Å². The fourth-order valence-corrected chi connectivity index (χ4v) is 6.20. The van der Waals surface area contributed by atoms with E-state index in [0.29, 0.717) is 11.2 Å². The number of aliphatic hydroxyl groups is 1. The maximum Gasteiger partial charge on any atom is 0.123 e. The van der Waals surface area contributed by atoms with Crippen molar-refractivity contribution in [1.29, 1.82) is 0 Å². The Morgan fingerprint density at radius 2 is 1.64 bits per heavy atom. The van der Waals surface area contributed by atoms with Crippen LogP contribution < -0.4 is 4.90 Å². The third-order valence-electron chi connectivity index (χ3n) is 7.62. The van der Waals surface area contributed by atoms with Crippen LogP contribution >= 0.6 is 15.9 Å². The zero-order valence-corrected chi connectivity index (χ0v) is 20.7. The minimum atomic E-state index is -0.581.